The summed E-state index contributed by atoms with van der Waals surface area (Å²) >= 11 is 0. The van der Waals surface area contributed by atoms with Gasteiger partial charge in [0.25, 0.3) is 5.91 Å². The molecule has 0 aromatic heterocycles. The number of nitrogens with one attached hydrogen (secondary N) is 1. The van der Waals surface area contributed by atoms with Gasteiger partial charge in [0, 0.05) is 13.0 Å². The number of carbonyl (C=O) groups excluding carboxylic acids is 1. The molecule has 1 amide bonds. The molecule has 2 N–H and O–H groups in total. The summed E-state index contributed by atoms with van der Waals surface area (Å²) in [7, 11) is 0. The molecule has 0 saturated carbocycles. The zero-order chi connectivity index (χ0) is 9.56. The van der Waals surface area contributed by atoms with E-state index in [0.717, 1.165) is 0 Å². The van der Waals surface area contributed by atoms with Crippen LogP contribution in [0.15, 0.2) is 0 Å². The fourth-order valence-corrected chi connectivity index (χ4v) is 0.528. The van der Waals surface area contributed by atoms with Gasteiger partial charge in [-0.3, -0.25) is 9.59 Å². The third-order valence-electron chi connectivity index (χ3n) is 1.06. The molecule has 0 rings (SSSR count). The summed E-state index contributed by atoms with van der Waals surface area (Å²) < 4.78 is 23.0. The third kappa shape index (κ3) is 5.57. The standard InChI is InChI=1S/C6H9F2NO3/c7-5(8)6(12)9-3-1-2-4(10)11/h5H,1-3H2,(H,9,12)(H,10,11). The minimum atomic E-state index is -3.03. The van der Waals surface area contributed by atoms with Crippen LogP contribution in [0, 0.1) is 0 Å². The van der Waals surface area contributed by atoms with E-state index in [1.54, 1.807) is 0 Å². The molecule has 70 valence electrons. The Kier molecular flexibility index (Phi) is 4.91. The van der Waals surface area contributed by atoms with E-state index in [9.17, 15) is 18.4 Å². The number of carbonyl (C=O) groups is 2. The summed E-state index contributed by atoms with van der Waals surface area (Å²) in [4.78, 5) is 20.1. The third-order valence-corrected chi connectivity index (χ3v) is 1.06. The maximum atomic E-state index is 11.5. The van der Waals surface area contributed by atoms with Crippen molar-refractivity contribution >= 4 is 11.9 Å². The van der Waals surface area contributed by atoms with E-state index in [-0.39, 0.29) is 19.4 Å². The lowest BCUT2D eigenvalue weighted by Gasteiger charge is -2.01. The molecule has 0 aliphatic rings. The van der Waals surface area contributed by atoms with Crippen LogP contribution in [0.1, 0.15) is 12.8 Å². The molecule has 12 heavy (non-hydrogen) atoms. The number of alkyl halides is 2. The van der Waals surface area contributed by atoms with Gasteiger partial charge in [-0.1, -0.05) is 0 Å². The molecule has 0 spiro atoms. The van der Waals surface area contributed by atoms with E-state index in [4.69, 9.17) is 5.11 Å². The lowest BCUT2D eigenvalue weighted by molar-refractivity contribution is -0.137. The molecule has 0 aliphatic heterocycles. The minimum absolute atomic E-state index is 0.0323. The Morgan fingerprint density at radius 3 is 2.42 bits per heavy atom. The largest absolute Gasteiger partial charge is 0.481 e. The molecule has 0 aromatic rings. The summed E-state index contributed by atoms with van der Waals surface area (Å²) in [6.07, 6.45) is -3.01. The molecule has 0 saturated heterocycles. The molecule has 0 unspecified atom stereocenters. The monoisotopic (exact) mass is 181 g/mol. The zero-order valence-electron chi connectivity index (χ0n) is 6.22. The van der Waals surface area contributed by atoms with Crippen molar-refractivity contribution in [2.45, 2.75) is 19.3 Å². The van der Waals surface area contributed by atoms with Gasteiger partial charge >= 0.3 is 12.4 Å². The summed E-state index contributed by atoms with van der Waals surface area (Å²) in [5, 5.41) is 10.0. The molecule has 0 atom stereocenters. The summed E-state index contributed by atoms with van der Waals surface area (Å²) in [6.45, 7) is -0.0323. The predicted octanol–water partition coefficient (Wildman–Crippen LogP) is 0.232. The Morgan fingerprint density at radius 2 is 2.00 bits per heavy atom. The summed E-state index contributed by atoms with van der Waals surface area (Å²) in [5.74, 6) is -2.37. The van der Waals surface area contributed by atoms with Crippen molar-refractivity contribution in [3.63, 3.8) is 0 Å². The number of hydrogen-bond donors (Lipinski definition) is 2. The van der Waals surface area contributed by atoms with Crippen molar-refractivity contribution in [1.82, 2.24) is 5.32 Å². The van der Waals surface area contributed by atoms with Gasteiger partial charge in [0.05, 0.1) is 0 Å². The highest BCUT2D eigenvalue weighted by atomic mass is 19.3. The molecular formula is C6H9F2NO3. The smallest absolute Gasteiger partial charge is 0.315 e. The lowest BCUT2D eigenvalue weighted by atomic mass is 10.3. The average Bonchev–Trinajstić information content (AvgIpc) is 1.97. The quantitative estimate of drug-likeness (QED) is 0.597. The number of amides is 1. The zero-order valence-corrected chi connectivity index (χ0v) is 6.22. The van der Waals surface area contributed by atoms with Gasteiger partial charge in [0.1, 0.15) is 0 Å². The van der Waals surface area contributed by atoms with Crippen molar-refractivity contribution in [3.8, 4) is 0 Å². The molecule has 0 radical (unpaired) electrons. The van der Waals surface area contributed by atoms with E-state index in [0.29, 0.717) is 0 Å². The van der Waals surface area contributed by atoms with Crippen molar-refractivity contribution in [2.24, 2.45) is 0 Å². The topological polar surface area (TPSA) is 66.4 Å². The first-order valence-electron chi connectivity index (χ1n) is 3.31. The van der Waals surface area contributed by atoms with E-state index < -0.39 is 18.3 Å². The van der Waals surface area contributed by atoms with Crippen LogP contribution in [0.4, 0.5) is 8.78 Å². The first-order chi connectivity index (χ1) is 5.54. The van der Waals surface area contributed by atoms with Crippen LogP contribution < -0.4 is 5.32 Å². The normalized spacial score (nSPS) is 9.92. The minimum Gasteiger partial charge on any atom is -0.481 e. The Bertz CT molecular complexity index is 172. The van der Waals surface area contributed by atoms with Crippen LogP contribution >= 0.6 is 0 Å². The number of hydrogen-bond acceptors (Lipinski definition) is 2. The molecule has 0 aromatic carbocycles. The van der Waals surface area contributed by atoms with E-state index >= 15 is 0 Å². The molecule has 0 fully saturated rings. The van der Waals surface area contributed by atoms with E-state index in [1.807, 2.05) is 5.32 Å². The Labute approximate surface area is 67.6 Å². The lowest BCUT2D eigenvalue weighted by Crippen LogP contribution is -2.30. The summed E-state index contributed by atoms with van der Waals surface area (Å²) in [6, 6.07) is 0. The van der Waals surface area contributed by atoms with Crippen LogP contribution in [0.3, 0.4) is 0 Å². The molecule has 0 bridgehead atoms. The second-order valence-corrected chi connectivity index (χ2v) is 2.09. The Morgan fingerprint density at radius 1 is 1.42 bits per heavy atom. The number of carboxylic acids is 1. The molecular weight excluding hydrogens is 172 g/mol. The highest BCUT2D eigenvalue weighted by Crippen LogP contribution is 1.92. The van der Waals surface area contributed by atoms with Gasteiger partial charge in [-0.2, -0.15) is 8.78 Å². The Hall–Kier alpha value is -1.20. The van der Waals surface area contributed by atoms with Crippen molar-refractivity contribution in [2.75, 3.05) is 6.54 Å². The highest BCUT2D eigenvalue weighted by molar-refractivity contribution is 5.79. The first-order valence-corrected chi connectivity index (χ1v) is 3.31. The van der Waals surface area contributed by atoms with Crippen LogP contribution in [-0.2, 0) is 9.59 Å². The van der Waals surface area contributed by atoms with Gasteiger partial charge in [-0.05, 0) is 6.42 Å². The summed E-state index contributed by atoms with van der Waals surface area (Å²) in [5.41, 5.74) is 0. The van der Waals surface area contributed by atoms with Crippen molar-refractivity contribution in [1.29, 1.82) is 0 Å². The second-order valence-electron chi connectivity index (χ2n) is 2.09. The molecule has 0 aliphatic carbocycles. The molecule has 0 heterocycles. The highest BCUT2D eigenvalue weighted by Gasteiger charge is 2.13. The van der Waals surface area contributed by atoms with Gasteiger partial charge in [0.15, 0.2) is 0 Å². The van der Waals surface area contributed by atoms with Crippen LogP contribution in [0.2, 0.25) is 0 Å². The fraction of sp³-hybridized carbons (Fsp3) is 0.667. The van der Waals surface area contributed by atoms with Gasteiger partial charge < -0.3 is 10.4 Å². The van der Waals surface area contributed by atoms with E-state index in [1.165, 1.54) is 0 Å². The average molecular weight is 181 g/mol. The number of aliphatic carboxylic acids is 1. The van der Waals surface area contributed by atoms with Crippen LogP contribution in [0.25, 0.3) is 0 Å². The number of carboxylic acid groups (broad SMARTS) is 1. The van der Waals surface area contributed by atoms with Crippen LogP contribution in [0.5, 0.6) is 0 Å². The van der Waals surface area contributed by atoms with Crippen molar-refractivity contribution in [3.05, 3.63) is 0 Å². The maximum Gasteiger partial charge on any atom is 0.315 e. The number of halogens is 2. The second kappa shape index (κ2) is 5.45. The predicted molar refractivity (Wildman–Crippen MR) is 35.9 cm³/mol. The molecule has 4 nitrogen and oxygen atoms in total. The number of rotatable bonds is 5. The molecule has 6 heteroatoms. The van der Waals surface area contributed by atoms with Crippen molar-refractivity contribution < 1.29 is 23.5 Å². The van der Waals surface area contributed by atoms with Crippen LogP contribution in [-0.4, -0.2) is 30.0 Å². The van der Waals surface area contributed by atoms with Gasteiger partial charge in [-0.25, -0.2) is 0 Å². The van der Waals surface area contributed by atoms with E-state index in [2.05, 4.69) is 0 Å². The fourth-order valence-electron chi connectivity index (χ4n) is 0.528. The SMILES string of the molecule is O=C(O)CCCNC(=O)C(F)F. The Balaban J connectivity index is 3.32. The van der Waals surface area contributed by atoms with Gasteiger partial charge in [0.2, 0.25) is 0 Å². The van der Waals surface area contributed by atoms with Gasteiger partial charge in [-0.15, -0.1) is 0 Å². The maximum absolute atomic E-state index is 11.5. The first kappa shape index (κ1) is 10.8.